The van der Waals surface area contributed by atoms with Gasteiger partial charge in [-0.15, -0.1) is 11.3 Å². The van der Waals surface area contributed by atoms with Crippen molar-refractivity contribution < 1.29 is 22.3 Å². The molecule has 1 saturated heterocycles. The number of hydrogen-bond donors (Lipinski definition) is 1. The van der Waals surface area contributed by atoms with Crippen molar-refractivity contribution >= 4 is 11.3 Å². The fourth-order valence-corrected chi connectivity index (χ4v) is 2.61. The quantitative estimate of drug-likeness (QED) is 0.820. The lowest BCUT2D eigenvalue weighted by atomic mass is 10.2. The van der Waals surface area contributed by atoms with E-state index in [2.05, 4.69) is 15.0 Å². The average Bonchev–Trinajstić information content (AvgIpc) is 2.98. The molecule has 108 valence electrons. The maximum atomic E-state index is 12.6. The first-order valence-electron chi connectivity index (χ1n) is 5.90. The van der Waals surface area contributed by atoms with Gasteiger partial charge in [-0.05, 0) is 19.4 Å². The highest BCUT2D eigenvalue weighted by molar-refractivity contribution is 7.09. The Morgan fingerprint density at radius 1 is 1.53 bits per heavy atom. The molecule has 0 amide bonds. The summed E-state index contributed by atoms with van der Waals surface area (Å²) in [4.78, 5) is 4.26. The molecule has 1 aliphatic rings. The third-order valence-electron chi connectivity index (χ3n) is 2.83. The van der Waals surface area contributed by atoms with E-state index >= 15 is 0 Å². The van der Waals surface area contributed by atoms with E-state index in [4.69, 9.17) is 0 Å². The lowest BCUT2D eigenvalue weighted by molar-refractivity contribution is -0.168. The zero-order valence-corrected chi connectivity index (χ0v) is 10.9. The van der Waals surface area contributed by atoms with Gasteiger partial charge in [-0.3, -0.25) is 0 Å². The van der Waals surface area contributed by atoms with Crippen LogP contribution in [0.2, 0.25) is 0 Å². The van der Waals surface area contributed by atoms with Crippen LogP contribution in [0.5, 0.6) is 0 Å². The van der Waals surface area contributed by atoms with Gasteiger partial charge in [-0.1, -0.05) is 0 Å². The summed E-state index contributed by atoms with van der Waals surface area (Å²) in [6, 6.07) is 0.201. The Morgan fingerprint density at radius 3 is 2.95 bits per heavy atom. The number of thiazole rings is 1. The van der Waals surface area contributed by atoms with Crippen LogP contribution in [0.3, 0.4) is 0 Å². The van der Waals surface area contributed by atoms with Gasteiger partial charge in [0.05, 0.1) is 18.3 Å². The maximum absolute atomic E-state index is 12.6. The van der Waals surface area contributed by atoms with E-state index in [0.717, 1.165) is 25.1 Å². The first-order valence-corrected chi connectivity index (χ1v) is 6.78. The number of ether oxygens (including phenoxy) is 1. The minimum Gasteiger partial charge on any atom is -0.368 e. The standard InChI is InChI=1S/C11H14F4N2OS/c12-10(13)11(14,15)6-18-4-9-17-8(5-19-9)7-2-1-3-16-7/h5,7,10,16H,1-4,6H2. The van der Waals surface area contributed by atoms with Gasteiger partial charge in [0.15, 0.2) is 0 Å². The molecule has 2 heterocycles. The molecule has 0 radical (unpaired) electrons. The highest BCUT2D eigenvalue weighted by atomic mass is 32.1. The van der Waals surface area contributed by atoms with E-state index in [1.807, 2.05) is 5.38 Å². The fraction of sp³-hybridized carbons (Fsp3) is 0.727. The predicted octanol–water partition coefficient (Wildman–Crippen LogP) is 2.98. The third-order valence-corrected chi connectivity index (χ3v) is 3.67. The molecule has 0 saturated carbocycles. The van der Waals surface area contributed by atoms with Crippen molar-refractivity contribution in [2.75, 3.05) is 13.2 Å². The van der Waals surface area contributed by atoms with Crippen molar-refractivity contribution in [2.45, 2.75) is 37.8 Å². The van der Waals surface area contributed by atoms with E-state index in [-0.39, 0.29) is 12.6 Å². The Kier molecular flexibility index (Phi) is 4.75. The number of alkyl halides is 4. The molecule has 3 nitrogen and oxygen atoms in total. The van der Waals surface area contributed by atoms with Crippen LogP contribution in [0, 0.1) is 0 Å². The van der Waals surface area contributed by atoms with E-state index in [0.29, 0.717) is 5.01 Å². The molecular weight excluding hydrogens is 284 g/mol. The van der Waals surface area contributed by atoms with Gasteiger partial charge >= 0.3 is 12.3 Å². The van der Waals surface area contributed by atoms with Crippen molar-refractivity contribution in [1.82, 2.24) is 10.3 Å². The molecule has 1 atom stereocenters. The number of halogens is 4. The van der Waals surface area contributed by atoms with Crippen LogP contribution in [-0.2, 0) is 11.3 Å². The number of nitrogens with one attached hydrogen (secondary N) is 1. The van der Waals surface area contributed by atoms with Crippen molar-refractivity contribution in [3.05, 3.63) is 16.1 Å². The molecule has 1 N–H and O–H groups in total. The van der Waals surface area contributed by atoms with Crippen molar-refractivity contribution in [3.63, 3.8) is 0 Å². The first kappa shape index (κ1) is 14.7. The molecule has 0 aliphatic carbocycles. The van der Waals surface area contributed by atoms with Gasteiger partial charge in [-0.2, -0.15) is 8.78 Å². The Morgan fingerprint density at radius 2 is 2.32 bits per heavy atom. The Labute approximate surface area is 112 Å². The van der Waals surface area contributed by atoms with Crippen LogP contribution in [0.25, 0.3) is 0 Å². The van der Waals surface area contributed by atoms with E-state index in [1.165, 1.54) is 11.3 Å². The SMILES string of the molecule is FC(F)C(F)(F)COCc1nc(C2CCCN2)cs1. The minimum absolute atomic E-state index is 0.167. The van der Waals surface area contributed by atoms with E-state index in [1.54, 1.807) is 0 Å². The van der Waals surface area contributed by atoms with Crippen molar-refractivity contribution in [1.29, 1.82) is 0 Å². The zero-order valence-electron chi connectivity index (χ0n) is 10.0. The second kappa shape index (κ2) is 6.15. The molecule has 1 fully saturated rings. The highest BCUT2D eigenvalue weighted by Crippen LogP contribution is 2.26. The molecule has 1 aromatic rings. The molecule has 0 aromatic carbocycles. The molecule has 8 heteroatoms. The van der Waals surface area contributed by atoms with Crippen LogP contribution in [0.15, 0.2) is 5.38 Å². The van der Waals surface area contributed by atoms with Gasteiger partial charge in [0.25, 0.3) is 0 Å². The van der Waals surface area contributed by atoms with E-state index < -0.39 is 19.0 Å². The van der Waals surface area contributed by atoms with Crippen LogP contribution >= 0.6 is 11.3 Å². The summed E-state index contributed by atoms with van der Waals surface area (Å²) in [5, 5.41) is 5.63. The molecule has 2 rings (SSSR count). The summed E-state index contributed by atoms with van der Waals surface area (Å²) >= 11 is 1.29. The monoisotopic (exact) mass is 298 g/mol. The largest absolute Gasteiger partial charge is 0.368 e. The molecule has 1 aliphatic heterocycles. The molecule has 0 bridgehead atoms. The summed E-state index contributed by atoms with van der Waals surface area (Å²) in [5.74, 6) is -4.10. The van der Waals surface area contributed by atoms with Crippen molar-refractivity contribution in [3.8, 4) is 0 Å². The maximum Gasteiger partial charge on any atom is 0.330 e. The number of hydrogen-bond acceptors (Lipinski definition) is 4. The van der Waals surface area contributed by atoms with Crippen LogP contribution < -0.4 is 5.32 Å². The fourth-order valence-electron chi connectivity index (χ4n) is 1.83. The second-order valence-electron chi connectivity index (χ2n) is 4.37. The third kappa shape index (κ3) is 3.87. The van der Waals surface area contributed by atoms with Gasteiger partial charge < -0.3 is 10.1 Å². The Hall–Kier alpha value is -0.730. The lowest BCUT2D eigenvalue weighted by Gasteiger charge is -2.14. The summed E-state index contributed by atoms with van der Waals surface area (Å²) in [5.41, 5.74) is 0.863. The van der Waals surface area contributed by atoms with Gasteiger partial charge in [0, 0.05) is 5.38 Å². The average molecular weight is 298 g/mol. The predicted molar refractivity (Wildman–Crippen MR) is 62.7 cm³/mol. The topological polar surface area (TPSA) is 34.1 Å². The minimum atomic E-state index is -4.10. The molecule has 1 aromatic heterocycles. The second-order valence-corrected chi connectivity index (χ2v) is 5.31. The molecular formula is C11H14F4N2OS. The lowest BCUT2D eigenvalue weighted by Crippen LogP contribution is -2.32. The number of rotatable bonds is 6. The highest BCUT2D eigenvalue weighted by Gasteiger charge is 2.41. The van der Waals surface area contributed by atoms with E-state index in [9.17, 15) is 17.6 Å². The van der Waals surface area contributed by atoms with Crippen LogP contribution in [0.4, 0.5) is 17.6 Å². The normalized spacial score (nSPS) is 20.4. The summed E-state index contributed by atoms with van der Waals surface area (Å²) in [7, 11) is 0. The smallest absolute Gasteiger partial charge is 0.330 e. The van der Waals surface area contributed by atoms with Gasteiger partial charge in [-0.25, -0.2) is 13.8 Å². The number of aromatic nitrogens is 1. The Bertz CT molecular complexity index is 407. The summed E-state index contributed by atoms with van der Waals surface area (Å²) < 4.78 is 53.6. The molecule has 1 unspecified atom stereocenters. The summed E-state index contributed by atoms with van der Waals surface area (Å²) in [6.45, 7) is -0.518. The first-order chi connectivity index (χ1) is 8.99. The molecule has 0 spiro atoms. The van der Waals surface area contributed by atoms with Gasteiger partial charge in [0.2, 0.25) is 0 Å². The number of nitrogens with zero attached hydrogens (tertiary/aromatic N) is 1. The Balaban J connectivity index is 1.80. The molecule has 19 heavy (non-hydrogen) atoms. The van der Waals surface area contributed by atoms with Crippen LogP contribution in [0.1, 0.15) is 29.6 Å². The van der Waals surface area contributed by atoms with Crippen LogP contribution in [-0.4, -0.2) is 30.5 Å². The van der Waals surface area contributed by atoms with Crippen molar-refractivity contribution in [2.24, 2.45) is 0 Å². The van der Waals surface area contributed by atoms with Gasteiger partial charge in [0.1, 0.15) is 11.6 Å². The zero-order chi connectivity index (χ0) is 13.9. The summed E-state index contributed by atoms with van der Waals surface area (Å²) in [6.07, 6.45) is -1.63.